The number of carbonyl (C=O) groups is 3. The van der Waals surface area contributed by atoms with Gasteiger partial charge in [0.15, 0.2) is 0 Å². The molecule has 36 heavy (non-hydrogen) atoms. The molecule has 1 unspecified atom stereocenters. The Morgan fingerprint density at radius 3 is 2.36 bits per heavy atom. The van der Waals surface area contributed by atoms with Gasteiger partial charge in [0, 0.05) is 22.3 Å². The Bertz CT molecular complexity index is 1160. The molecule has 1 fully saturated rings. The topological polar surface area (TPSA) is 103 Å². The number of aromatic amines is 1. The lowest BCUT2D eigenvalue weighted by atomic mass is 9.94. The van der Waals surface area contributed by atoms with Crippen LogP contribution in [0.5, 0.6) is 0 Å². The minimum absolute atomic E-state index is 0.0192. The van der Waals surface area contributed by atoms with Crippen LogP contribution < -0.4 is 0 Å². The van der Waals surface area contributed by atoms with Gasteiger partial charge in [0.2, 0.25) is 0 Å². The summed E-state index contributed by atoms with van der Waals surface area (Å²) in [7, 11) is 0. The third-order valence-corrected chi connectivity index (χ3v) is 7.18. The first-order valence-electron chi connectivity index (χ1n) is 12.3. The predicted molar refractivity (Wildman–Crippen MR) is 142 cm³/mol. The van der Waals surface area contributed by atoms with Crippen molar-refractivity contribution in [2.45, 2.75) is 47.1 Å². The van der Waals surface area contributed by atoms with Gasteiger partial charge in [-0.15, -0.1) is 0 Å². The van der Waals surface area contributed by atoms with Gasteiger partial charge in [-0.05, 0) is 70.1 Å². The molecule has 1 amide bonds. The average Bonchev–Trinajstić information content (AvgIpc) is 3.29. The number of aryl methyl sites for hydroxylation is 1. The molecule has 1 aromatic carbocycles. The highest BCUT2D eigenvalue weighted by atomic mass is 79.9. The third-order valence-electron chi connectivity index (χ3n) is 6.65. The van der Waals surface area contributed by atoms with Gasteiger partial charge in [-0.25, -0.2) is 4.79 Å². The van der Waals surface area contributed by atoms with Crippen molar-refractivity contribution in [3.63, 3.8) is 0 Å². The standard InChI is InChI=1S/C27H34BrN3O5/c1-6-30(7-2)14-9-15-31-23(18-10-12-19(28)13-11-18)21(25(33)26(31)34)24(32)20-16(4)22(29-17(20)5)27(35)36-8-3/h10-13,23,29,32H,6-9,14-15H2,1-5H3/b24-21+. The fourth-order valence-electron chi connectivity index (χ4n) is 4.75. The largest absolute Gasteiger partial charge is 0.507 e. The van der Waals surface area contributed by atoms with E-state index in [9.17, 15) is 19.5 Å². The molecule has 0 saturated carbocycles. The van der Waals surface area contributed by atoms with Gasteiger partial charge in [0.25, 0.3) is 11.7 Å². The van der Waals surface area contributed by atoms with Crippen LogP contribution in [0.3, 0.4) is 0 Å². The molecule has 1 saturated heterocycles. The average molecular weight is 560 g/mol. The van der Waals surface area contributed by atoms with Crippen LogP contribution in [0.1, 0.15) is 66.1 Å². The summed E-state index contributed by atoms with van der Waals surface area (Å²) in [6, 6.07) is 6.63. The van der Waals surface area contributed by atoms with Crippen LogP contribution in [-0.4, -0.2) is 70.3 Å². The molecule has 0 bridgehead atoms. The Balaban J connectivity index is 2.10. The quantitative estimate of drug-likeness (QED) is 0.189. The van der Waals surface area contributed by atoms with Crippen molar-refractivity contribution < 1.29 is 24.2 Å². The van der Waals surface area contributed by atoms with Gasteiger partial charge < -0.3 is 24.6 Å². The highest BCUT2D eigenvalue weighted by Crippen LogP contribution is 2.41. The Kier molecular flexibility index (Phi) is 9.13. The lowest BCUT2D eigenvalue weighted by molar-refractivity contribution is -0.140. The number of likely N-dealkylation sites (tertiary alicyclic amines) is 1. The number of rotatable bonds is 10. The zero-order chi connectivity index (χ0) is 26.6. The smallest absolute Gasteiger partial charge is 0.355 e. The van der Waals surface area contributed by atoms with Crippen LogP contribution >= 0.6 is 15.9 Å². The first kappa shape index (κ1) is 27.7. The number of ketones is 1. The summed E-state index contributed by atoms with van der Waals surface area (Å²) < 4.78 is 5.98. The van der Waals surface area contributed by atoms with E-state index < -0.39 is 23.7 Å². The number of nitrogens with one attached hydrogen (secondary N) is 1. The number of nitrogens with zero attached hydrogens (tertiary/aromatic N) is 2. The Morgan fingerprint density at radius 2 is 1.78 bits per heavy atom. The molecule has 8 nitrogen and oxygen atoms in total. The second-order valence-electron chi connectivity index (χ2n) is 8.77. The summed E-state index contributed by atoms with van der Waals surface area (Å²) in [6.45, 7) is 12.5. The molecule has 3 rings (SSSR count). The molecule has 194 valence electrons. The number of esters is 1. The van der Waals surface area contributed by atoms with Crippen molar-refractivity contribution in [3.05, 3.63) is 62.4 Å². The zero-order valence-corrected chi connectivity index (χ0v) is 23.1. The lowest BCUT2D eigenvalue weighted by Gasteiger charge is -2.27. The van der Waals surface area contributed by atoms with Crippen LogP contribution in [-0.2, 0) is 14.3 Å². The zero-order valence-electron chi connectivity index (χ0n) is 21.5. The normalized spacial score (nSPS) is 17.3. The molecule has 1 aromatic heterocycles. The second kappa shape index (κ2) is 11.9. The van der Waals surface area contributed by atoms with E-state index in [1.807, 2.05) is 24.3 Å². The van der Waals surface area contributed by atoms with Crippen molar-refractivity contribution in [1.29, 1.82) is 0 Å². The van der Waals surface area contributed by atoms with Crippen LogP contribution in [0.25, 0.3) is 5.76 Å². The summed E-state index contributed by atoms with van der Waals surface area (Å²) in [4.78, 5) is 45.7. The van der Waals surface area contributed by atoms with E-state index in [0.29, 0.717) is 29.8 Å². The maximum Gasteiger partial charge on any atom is 0.355 e. The van der Waals surface area contributed by atoms with Gasteiger partial charge in [0.1, 0.15) is 11.5 Å². The Hall–Kier alpha value is -2.91. The number of aromatic nitrogens is 1. The molecule has 1 aliphatic rings. The highest BCUT2D eigenvalue weighted by molar-refractivity contribution is 9.10. The van der Waals surface area contributed by atoms with E-state index in [0.717, 1.165) is 29.7 Å². The third kappa shape index (κ3) is 5.42. The van der Waals surface area contributed by atoms with E-state index in [4.69, 9.17) is 4.74 Å². The van der Waals surface area contributed by atoms with Gasteiger partial charge in [-0.3, -0.25) is 9.59 Å². The van der Waals surface area contributed by atoms with Gasteiger partial charge in [-0.2, -0.15) is 0 Å². The van der Waals surface area contributed by atoms with E-state index in [-0.39, 0.29) is 23.6 Å². The fourth-order valence-corrected chi connectivity index (χ4v) is 5.02. The van der Waals surface area contributed by atoms with Gasteiger partial charge >= 0.3 is 5.97 Å². The molecule has 9 heteroatoms. The monoisotopic (exact) mass is 559 g/mol. The number of amides is 1. The molecule has 2 N–H and O–H groups in total. The molecule has 1 aliphatic heterocycles. The number of aliphatic hydroxyl groups excluding tert-OH is 1. The molecule has 0 spiro atoms. The van der Waals surface area contributed by atoms with Crippen molar-refractivity contribution in [3.8, 4) is 0 Å². The summed E-state index contributed by atoms with van der Waals surface area (Å²) in [5, 5.41) is 11.5. The van der Waals surface area contributed by atoms with E-state index in [1.165, 1.54) is 0 Å². The number of H-pyrrole nitrogens is 1. The Morgan fingerprint density at radius 1 is 1.14 bits per heavy atom. The number of hydrogen-bond donors (Lipinski definition) is 2. The highest BCUT2D eigenvalue weighted by Gasteiger charge is 2.46. The fraction of sp³-hybridized carbons (Fsp3) is 0.444. The number of Topliss-reactive ketones (excluding diaryl/α,β-unsaturated/α-hetero) is 1. The molecular weight excluding hydrogens is 526 g/mol. The van der Waals surface area contributed by atoms with E-state index >= 15 is 0 Å². The van der Waals surface area contributed by atoms with Gasteiger partial charge in [0.05, 0.1) is 18.2 Å². The SMILES string of the molecule is CCOC(=O)c1[nH]c(C)c(/C(O)=C2\C(=O)C(=O)N(CCCN(CC)CC)C2c2ccc(Br)cc2)c1C. The number of halogens is 1. The summed E-state index contributed by atoms with van der Waals surface area (Å²) in [5.74, 6) is -2.21. The lowest BCUT2D eigenvalue weighted by Crippen LogP contribution is -2.33. The molecule has 2 aromatic rings. The molecule has 1 atom stereocenters. The summed E-state index contributed by atoms with van der Waals surface area (Å²) >= 11 is 3.43. The number of aliphatic hydroxyl groups is 1. The van der Waals surface area contributed by atoms with E-state index in [2.05, 4.69) is 39.7 Å². The number of carbonyl (C=O) groups excluding carboxylic acids is 3. The number of ether oxygens (including phenoxy) is 1. The molecule has 2 heterocycles. The molecule has 0 aliphatic carbocycles. The maximum absolute atomic E-state index is 13.3. The first-order chi connectivity index (χ1) is 17.2. The Labute approximate surface area is 220 Å². The van der Waals surface area contributed by atoms with Crippen molar-refractivity contribution in [1.82, 2.24) is 14.8 Å². The number of benzene rings is 1. The van der Waals surface area contributed by atoms with Crippen molar-refractivity contribution >= 4 is 39.3 Å². The van der Waals surface area contributed by atoms with Crippen LogP contribution in [0.4, 0.5) is 0 Å². The minimum atomic E-state index is -0.741. The van der Waals surface area contributed by atoms with E-state index in [1.54, 1.807) is 25.7 Å². The molecular formula is C27H34BrN3O5. The molecule has 0 radical (unpaired) electrons. The number of hydrogen-bond acceptors (Lipinski definition) is 6. The van der Waals surface area contributed by atoms with Gasteiger partial charge in [-0.1, -0.05) is 41.9 Å². The van der Waals surface area contributed by atoms with Crippen LogP contribution in [0, 0.1) is 13.8 Å². The van der Waals surface area contributed by atoms with Crippen LogP contribution in [0.15, 0.2) is 34.3 Å². The minimum Gasteiger partial charge on any atom is -0.507 e. The van der Waals surface area contributed by atoms with Crippen molar-refractivity contribution in [2.24, 2.45) is 0 Å². The predicted octanol–water partition coefficient (Wildman–Crippen LogP) is 4.72. The van der Waals surface area contributed by atoms with Crippen LogP contribution in [0.2, 0.25) is 0 Å². The summed E-state index contributed by atoms with van der Waals surface area (Å²) in [6.07, 6.45) is 0.691. The van der Waals surface area contributed by atoms with Crippen molar-refractivity contribution in [2.75, 3.05) is 32.8 Å². The first-order valence-corrected chi connectivity index (χ1v) is 13.1. The second-order valence-corrected chi connectivity index (χ2v) is 9.69. The summed E-state index contributed by atoms with van der Waals surface area (Å²) in [5.41, 5.74) is 2.26. The maximum atomic E-state index is 13.3.